The van der Waals surface area contributed by atoms with Crippen molar-refractivity contribution in [3.8, 4) is 0 Å². The average Bonchev–Trinajstić information content (AvgIpc) is 2.76. The number of anilines is 2. The lowest BCUT2D eigenvalue weighted by Gasteiger charge is -2.35. The Labute approximate surface area is 182 Å². The topological polar surface area (TPSA) is 69.7 Å². The number of Topliss-reactive ketones (excluding diaryl/α,β-unsaturated/α-hetero) is 1. The largest absolute Gasteiger partial charge is 0.368 e. The Balaban J connectivity index is 1.35. The number of benzene rings is 2. The van der Waals surface area contributed by atoms with Crippen molar-refractivity contribution in [3.63, 3.8) is 0 Å². The molecule has 6 nitrogen and oxygen atoms in total. The summed E-state index contributed by atoms with van der Waals surface area (Å²) in [6, 6.07) is 7.59. The van der Waals surface area contributed by atoms with Crippen LogP contribution in [-0.2, 0) is 27.2 Å². The van der Waals surface area contributed by atoms with Gasteiger partial charge in [-0.25, -0.2) is 8.78 Å². The van der Waals surface area contributed by atoms with E-state index in [1.165, 1.54) is 4.90 Å². The maximum absolute atomic E-state index is 13.7. The van der Waals surface area contributed by atoms with Gasteiger partial charge in [-0.05, 0) is 41.8 Å². The van der Waals surface area contributed by atoms with Crippen LogP contribution in [0.25, 0.3) is 0 Å². The van der Waals surface area contributed by atoms with E-state index >= 15 is 0 Å². The highest BCUT2D eigenvalue weighted by atomic mass is 35.5. The van der Waals surface area contributed by atoms with E-state index < -0.39 is 28.5 Å². The number of nitrogens with zero attached hydrogens (tertiary/aromatic N) is 2. The van der Waals surface area contributed by atoms with Crippen LogP contribution in [0, 0.1) is 11.6 Å². The van der Waals surface area contributed by atoms with Gasteiger partial charge in [-0.2, -0.15) is 0 Å². The van der Waals surface area contributed by atoms with Crippen LogP contribution in [0.3, 0.4) is 0 Å². The molecule has 1 aliphatic carbocycles. The van der Waals surface area contributed by atoms with Gasteiger partial charge in [-0.3, -0.25) is 14.4 Å². The molecule has 1 N–H and O–H groups in total. The Morgan fingerprint density at radius 1 is 0.935 bits per heavy atom. The minimum absolute atomic E-state index is 0.197. The van der Waals surface area contributed by atoms with Crippen LogP contribution >= 0.6 is 11.6 Å². The van der Waals surface area contributed by atoms with Crippen LogP contribution in [0.15, 0.2) is 30.3 Å². The van der Waals surface area contributed by atoms with E-state index in [9.17, 15) is 23.2 Å². The van der Waals surface area contributed by atoms with Crippen LogP contribution in [0.2, 0.25) is 5.02 Å². The van der Waals surface area contributed by atoms with E-state index in [1.54, 1.807) is 23.1 Å². The molecule has 0 radical (unpaired) electrons. The Morgan fingerprint density at radius 3 is 2.29 bits per heavy atom. The van der Waals surface area contributed by atoms with Gasteiger partial charge in [-0.1, -0.05) is 17.7 Å². The molecule has 0 unspecified atom stereocenters. The zero-order valence-electron chi connectivity index (χ0n) is 16.6. The Morgan fingerprint density at radius 2 is 1.61 bits per heavy atom. The lowest BCUT2D eigenvalue weighted by Crippen LogP contribution is -2.51. The van der Waals surface area contributed by atoms with E-state index in [-0.39, 0.29) is 18.9 Å². The number of fused-ring (bicyclic) bond motifs is 1. The van der Waals surface area contributed by atoms with E-state index in [2.05, 4.69) is 5.32 Å². The monoisotopic (exact) mass is 447 g/mol. The second-order valence-corrected chi connectivity index (χ2v) is 8.03. The number of piperazine rings is 1. The molecule has 0 aromatic heterocycles. The molecule has 31 heavy (non-hydrogen) atoms. The second-order valence-electron chi connectivity index (χ2n) is 7.66. The van der Waals surface area contributed by atoms with Crippen LogP contribution in [0.5, 0.6) is 0 Å². The fourth-order valence-corrected chi connectivity index (χ4v) is 4.01. The third-order valence-corrected chi connectivity index (χ3v) is 5.98. The molecule has 0 bridgehead atoms. The molecule has 4 rings (SSSR count). The van der Waals surface area contributed by atoms with Gasteiger partial charge in [0.15, 0.2) is 0 Å². The molecule has 2 aromatic rings. The number of halogens is 3. The zero-order valence-corrected chi connectivity index (χ0v) is 17.3. The molecule has 2 amide bonds. The summed E-state index contributed by atoms with van der Waals surface area (Å²) in [7, 11) is 0. The molecule has 2 aliphatic rings. The number of rotatable bonds is 2. The van der Waals surface area contributed by atoms with Crippen molar-refractivity contribution in [3.05, 3.63) is 58.1 Å². The average molecular weight is 448 g/mol. The first-order valence-corrected chi connectivity index (χ1v) is 10.3. The lowest BCUT2D eigenvalue weighted by atomic mass is 9.90. The van der Waals surface area contributed by atoms with Crippen molar-refractivity contribution in [1.29, 1.82) is 0 Å². The summed E-state index contributed by atoms with van der Waals surface area (Å²) in [4.78, 5) is 39.7. The van der Waals surface area contributed by atoms with Crippen LogP contribution in [0.4, 0.5) is 20.2 Å². The highest BCUT2D eigenvalue weighted by molar-refractivity contribution is 6.39. The lowest BCUT2D eigenvalue weighted by molar-refractivity contribution is -0.143. The van der Waals surface area contributed by atoms with Gasteiger partial charge in [-0.15, -0.1) is 0 Å². The highest BCUT2D eigenvalue weighted by Gasteiger charge is 2.27. The van der Waals surface area contributed by atoms with Gasteiger partial charge >= 0.3 is 11.8 Å². The van der Waals surface area contributed by atoms with E-state index in [0.717, 1.165) is 23.3 Å². The summed E-state index contributed by atoms with van der Waals surface area (Å²) >= 11 is 5.52. The first-order chi connectivity index (χ1) is 14.8. The molecular weight excluding hydrogens is 428 g/mol. The minimum atomic E-state index is -0.844. The maximum atomic E-state index is 13.7. The fraction of sp³-hybridized carbons (Fsp3) is 0.318. The van der Waals surface area contributed by atoms with Crippen molar-refractivity contribution in [2.75, 3.05) is 36.4 Å². The molecular formula is C22H20ClF2N3O3. The van der Waals surface area contributed by atoms with Crippen molar-refractivity contribution < 1.29 is 23.2 Å². The van der Waals surface area contributed by atoms with Gasteiger partial charge in [0, 0.05) is 50.4 Å². The molecule has 2 aromatic carbocycles. The summed E-state index contributed by atoms with van der Waals surface area (Å²) < 4.78 is 27.4. The Kier molecular flexibility index (Phi) is 5.91. The van der Waals surface area contributed by atoms with E-state index in [0.29, 0.717) is 43.7 Å². The number of hydrogen-bond acceptors (Lipinski definition) is 4. The normalized spacial score (nSPS) is 16.2. The van der Waals surface area contributed by atoms with Crippen molar-refractivity contribution in [2.24, 2.45) is 0 Å². The summed E-state index contributed by atoms with van der Waals surface area (Å²) in [6.45, 7) is 1.13. The SMILES string of the molecule is O=C1CCc2cc(NC(=O)C(=O)N3CCN(c4cc(F)c(Cl)c(F)c4)CC3)ccc2C1. The predicted octanol–water partition coefficient (Wildman–Crippen LogP) is 2.96. The molecule has 9 heteroatoms. The number of nitrogens with one attached hydrogen (secondary N) is 1. The third kappa shape index (κ3) is 4.54. The quantitative estimate of drug-likeness (QED) is 0.567. The first kappa shape index (κ1) is 21.2. The minimum Gasteiger partial charge on any atom is -0.368 e. The molecule has 1 saturated heterocycles. The number of hydrogen-bond donors (Lipinski definition) is 1. The molecule has 162 valence electrons. The van der Waals surface area contributed by atoms with Crippen molar-refractivity contribution in [2.45, 2.75) is 19.3 Å². The predicted molar refractivity (Wildman–Crippen MR) is 112 cm³/mol. The summed E-state index contributed by atoms with van der Waals surface area (Å²) in [6.07, 6.45) is 1.50. The van der Waals surface area contributed by atoms with Crippen LogP contribution in [-0.4, -0.2) is 48.7 Å². The number of carbonyl (C=O) groups excluding carboxylic acids is 3. The number of ketones is 1. The van der Waals surface area contributed by atoms with Crippen molar-refractivity contribution in [1.82, 2.24) is 4.90 Å². The second kappa shape index (κ2) is 8.63. The van der Waals surface area contributed by atoms with Crippen molar-refractivity contribution >= 4 is 40.6 Å². The molecule has 0 spiro atoms. The van der Waals surface area contributed by atoms with Gasteiger partial charge in [0.1, 0.15) is 22.4 Å². The van der Waals surface area contributed by atoms with E-state index in [4.69, 9.17) is 11.6 Å². The van der Waals surface area contributed by atoms with Gasteiger partial charge in [0.2, 0.25) is 0 Å². The fourth-order valence-electron chi connectivity index (χ4n) is 3.90. The third-order valence-electron chi connectivity index (χ3n) is 5.62. The Hall–Kier alpha value is -3.00. The van der Waals surface area contributed by atoms with Gasteiger partial charge in [0.05, 0.1) is 0 Å². The molecule has 0 atom stereocenters. The number of carbonyl (C=O) groups is 3. The Bertz CT molecular complexity index is 1040. The summed E-state index contributed by atoms with van der Waals surface area (Å²) in [5.41, 5.74) is 2.80. The summed E-state index contributed by atoms with van der Waals surface area (Å²) in [5.74, 6) is -2.90. The number of amides is 2. The van der Waals surface area contributed by atoms with E-state index in [1.807, 2.05) is 0 Å². The van der Waals surface area contributed by atoms with Crippen LogP contribution < -0.4 is 10.2 Å². The van der Waals surface area contributed by atoms with Gasteiger partial charge < -0.3 is 15.1 Å². The highest BCUT2D eigenvalue weighted by Crippen LogP contribution is 2.26. The summed E-state index contributed by atoms with van der Waals surface area (Å²) in [5, 5.41) is 2.07. The first-order valence-electron chi connectivity index (χ1n) is 9.95. The zero-order chi connectivity index (χ0) is 22.1. The molecule has 1 fully saturated rings. The van der Waals surface area contributed by atoms with Crippen LogP contribution in [0.1, 0.15) is 17.5 Å². The molecule has 1 aliphatic heterocycles. The smallest absolute Gasteiger partial charge is 0.313 e. The molecule has 0 saturated carbocycles. The van der Waals surface area contributed by atoms with Gasteiger partial charge in [0.25, 0.3) is 0 Å². The molecule has 1 heterocycles. The standard InChI is InChI=1S/C22H20ClF2N3O3/c23-20-18(24)11-16(12-19(20)25)27-5-7-28(8-6-27)22(31)21(30)26-15-3-1-14-10-17(29)4-2-13(14)9-15/h1,3,9,11-12H,2,4-8,10H2,(H,26,30). The maximum Gasteiger partial charge on any atom is 0.313 e. The number of aryl methyl sites for hydroxylation is 1.